The van der Waals surface area contributed by atoms with E-state index in [0.29, 0.717) is 24.3 Å². The van der Waals surface area contributed by atoms with Gasteiger partial charge in [0, 0.05) is 79.9 Å². The molecule has 2 bridgehead atoms. The molecular weight excluding hydrogens is 488 g/mol. The number of nitrogens with zero attached hydrogens (tertiary/aromatic N) is 9. The number of rotatable bonds is 7. The van der Waals surface area contributed by atoms with E-state index in [1.54, 1.807) is 10.9 Å². The van der Waals surface area contributed by atoms with Gasteiger partial charge < -0.3 is 4.90 Å². The van der Waals surface area contributed by atoms with Gasteiger partial charge in [-0.3, -0.25) is 10.00 Å². The highest BCUT2D eigenvalue weighted by molar-refractivity contribution is 5.57. The minimum Gasteiger partial charge on any atom is -0.353 e. The number of hydrogen-bond donors (Lipinski definition) is 1. The normalized spacial score (nSPS) is 18.8. The lowest BCUT2D eigenvalue weighted by molar-refractivity contribution is -0.00875. The van der Waals surface area contributed by atoms with Gasteiger partial charge in [-0.05, 0) is 62.2 Å². The van der Waals surface area contributed by atoms with E-state index in [0.717, 1.165) is 59.6 Å². The van der Waals surface area contributed by atoms with Crippen LogP contribution in [0, 0.1) is 13.8 Å². The van der Waals surface area contributed by atoms with Gasteiger partial charge in [0.1, 0.15) is 5.82 Å². The van der Waals surface area contributed by atoms with Crippen LogP contribution in [0.15, 0.2) is 67.3 Å². The Labute approximate surface area is 226 Å². The maximum absolute atomic E-state index is 4.82. The summed E-state index contributed by atoms with van der Waals surface area (Å²) in [5.41, 5.74) is 6.08. The number of piperidine rings is 1. The second-order valence-electron chi connectivity index (χ2n) is 10.5. The van der Waals surface area contributed by atoms with Crippen molar-refractivity contribution in [2.45, 2.75) is 45.3 Å². The molecule has 39 heavy (non-hydrogen) atoms. The molecule has 5 aromatic heterocycles. The SMILES string of the molecule is Cc1cc(Cc2cc(C)[nH]n2)nc(-c2ccc(N3CC4CC(C3)N4Cc3ccc(-n4cccn4)nc3)nc2)n1. The molecule has 10 heteroatoms. The summed E-state index contributed by atoms with van der Waals surface area (Å²) >= 11 is 0. The first-order valence-corrected chi connectivity index (χ1v) is 13.3. The van der Waals surface area contributed by atoms with E-state index in [4.69, 9.17) is 9.97 Å². The lowest BCUT2D eigenvalue weighted by atomic mass is 9.87. The van der Waals surface area contributed by atoms with Crippen molar-refractivity contribution in [2.75, 3.05) is 18.0 Å². The number of aromatic nitrogens is 8. The van der Waals surface area contributed by atoms with Gasteiger partial charge in [0.25, 0.3) is 0 Å². The van der Waals surface area contributed by atoms with Crippen molar-refractivity contribution in [3.05, 3.63) is 95.6 Å². The Bertz CT molecular complexity index is 1560. The molecule has 0 amide bonds. The van der Waals surface area contributed by atoms with Gasteiger partial charge >= 0.3 is 0 Å². The Kier molecular flexibility index (Phi) is 5.89. The standard InChI is InChI=1S/C29H30N10/c1-19-10-23(12-24-11-20(2)35-36-24)34-29(33-19)22-5-7-27(31-15-22)37-17-25-13-26(18-37)38(25)16-21-4-6-28(30-14-21)39-9-3-8-32-39/h3-11,14-15,25-26H,12-13,16-18H2,1-2H3,(H,35,36). The molecule has 3 fully saturated rings. The fourth-order valence-corrected chi connectivity index (χ4v) is 5.70. The van der Waals surface area contributed by atoms with Crippen LogP contribution in [0.5, 0.6) is 0 Å². The van der Waals surface area contributed by atoms with Crippen LogP contribution in [0.3, 0.4) is 0 Å². The first kappa shape index (κ1) is 23.7. The molecule has 0 saturated carbocycles. The number of aromatic amines is 1. The van der Waals surface area contributed by atoms with E-state index in [9.17, 15) is 0 Å². The average Bonchev–Trinajstić information content (AvgIpc) is 3.64. The molecule has 1 N–H and O–H groups in total. The zero-order valence-electron chi connectivity index (χ0n) is 22.1. The van der Waals surface area contributed by atoms with E-state index in [2.05, 4.69) is 53.3 Å². The van der Waals surface area contributed by atoms with Gasteiger partial charge in [0.15, 0.2) is 11.6 Å². The van der Waals surface area contributed by atoms with Crippen LogP contribution in [0.1, 0.15) is 34.8 Å². The van der Waals surface area contributed by atoms with Crippen LogP contribution >= 0.6 is 0 Å². The van der Waals surface area contributed by atoms with Crippen molar-refractivity contribution < 1.29 is 0 Å². The Balaban J connectivity index is 0.996. The third kappa shape index (κ3) is 4.79. The van der Waals surface area contributed by atoms with Crippen LogP contribution in [0.2, 0.25) is 0 Å². The highest BCUT2D eigenvalue weighted by Gasteiger charge is 2.44. The minimum absolute atomic E-state index is 0.532. The molecular formula is C29H30N10. The van der Waals surface area contributed by atoms with E-state index in [1.165, 1.54) is 12.0 Å². The van der Waals surface area contributed by atoms with Crippen LogP contribution in [0.4, 0.5) is 5.82 Å². The first-order chi connectivity index (χ1) is 19.1. The van der Waals surface area contributed by atoms with E-state index in [1.807, 2.05) is 56.7 Å². The zero-order chi connectivity index (χ0) is 26.3. The van der Waals surface area contributed by atoms with Crippen LogP contribution in [0.25, 0.3) is 17.2 Å². The molecule has 10 nitrogen and oxygen atoms in total. The maximum atomic E-state index is 4.82. The average molecular weight is 519 g/mol. The smallest absolute Gasteiger partial charge is 0.161 e. The summed E-state index contributed by atoms with van der Waals surface area (Å²) < 4.78 is 1.78. The molecule has 196 valence electrons. The number of anilines is 1. The van der Waals surface area contributed by atoms with Crippen LogP contribution < -0.4 is 4.90 Å². The molecule has 8 rings (SSSR count). The summed E-state index contributed by atoms with van der Waals surface area (Å²) in [5, 5.41) is 11.6. The Morgan fingerprint density at radius 1 is 0.923 bits per heavy atom. The largest absolute Gasteiger partial charge is 0.353 e. The van der Waals surface area contributed by atoms with Gasteiger partial charge in [0.2, 0.25) is 0 Å². The van der Waals surface area contributed by atoms with E-state index in [-0.39, 0.29) is 0 Å². The second kappa shape index (κ2) is 9.70. The lowest BCUT2D eigenvalue weighted by Gasteiger charge is -2.56. The molecule has 0 aliphatic carbocycles. The highest BCUT2D eigenvalue weighted by atomic mass is 15.4. The predicted octanol–water partition coefficient (Wildman–Crippen LogP) is 3.51. The molecule has 3 aliphatic heterocycles. The Hall–Kier alpha value is -4.44. The fourth-order valence-electron chi connectivity index (χ4n) is 5.70. The predicted molar refractivity (Wildman–Crippen MR) is 147 cm³/mol. The van der Waals surface area contributed by atoms with Crippen molar-refractivity contribution in [3.63, 3.8) is 0 Å². The number of piperazine rings is 1. The summed E-state index contributed by atoms with van der Waals surface area (Å²) in [6, 6.07) is 15.4. The fraction of sp³-hybridized carbons (Fsp3) is 0.310. The summed E-state index contributed by atoms with van der Waals surface area (Å²) in [6.45, 7) is 6.89. The molecule has 3 aliphatic rings. The molecule has 2 unspecified atom stereocenters. The van der Waals surface area contributed by atoms with Gasteiger partial charge in [-0.1, -0.05) is 6.07 Å². The molecule has 8 heterocycles. The van der Waals surface area contributed by atoms with Gasteiger partial charge in [-0.15, -0.1) is 0 Å². The molecule has 0 radical (unpaired) electrons. The van der Waals surface area contributed by atoms with Crippen molar-refractivity contribution in [1.29, 1.82) is 0 Å². The second-order valence-corrected chi connectivity index (χ2v) is 10.5. The minimum atomic E-state index is 0.532. The Morgan fingerprint density at radius 2 is 1.77 bits per heavy atom. The number of aryl methyl sites for hydroxylation is 2. The highest BCUT2D eigenvalue weighted by Crippen LogP contribution is 2.35. The van der Waals surface area contributed by atoms with E-state index < -0.39 is 0 Å². The summed E-state index contributed by atoms with van der Waals surface area (Å²) in [5.74, 6) is 2.56. The van der Waals surface area contributed by atoms with Crippen molar-refractivity contribution in [1.82, 2.24) is 44.8 Å². The zero-order valence-corrected chi connectivity index (χ0v) is 22.1. The van der Waals surface area contributed by atoms with Crippen molar-refractivity contribution >= 4 is 5.82 Å². The number of hydrogen-bond acceptors (Lipinski definition) is 8. The molecule has 0 aromatic carbocycles. The Morgan fingerprint density at radius 3 is 2.46 bits per heavy atom. The number of H-pyrrole nitrogens is 1. The lowest BCUT2D eigenvalue weighted by Crippen LogP contribution is -2.68. The quantitative estimate of drug-likeness (QED) is 0.349. The topological polar surface area (TPSA) is 105 Å². The maximum Gasteiger partial charge on any atom is 0.161 e. The molecule has 5 aromatic rings. The number of pyridine rings is 2. The van der Waals surface area contributed by atoms with Gasteiger partial charge in [-0.25, -0.2) is 24.6 Å². The summed E-state index contributed by atoms with van der Waals surface area (Å²) in [6.07, 6.45) is 9.45. The number of fused-ring (bicyclic) bond motifs is 2. The van der Waals surface area contributed by atoms with Gasteiger partial charge in [0.05, 0.1) is 11.4 Å². The van der Waals surface area contributed by atoms with Crippen molar-refractivity contribution in [3.8, 4) is 17.2 Å². The molecule has 2 atom stereocenters. The third-order valence-electron chi connectivity index (χ3n) is 7.62. The first-order valence-electron chi connectivity index (χ1n) is 13.3. The summed E-state index contributed by atoms with van der Waals surface area (Å²) in [4.78, 5) is 23.9. The van der Waals surface area contributed by atoms with Crippen LogP contribution in [-0.4, -0.2) is 70.0 Å². The molecule has 3 saturated heterocycles. The third-order valence-corrected chi connectivity index (χ3v) is 7.62. The summed E-state index contributed by atoms with van der Waals surface area (Å²) in [7, 11) is 0. The monoisotopic (exact) mass is 518 g/mol. The van der Waals surface area contributed by atoms with Crippen LogP contribution in [-0.2, 0) is 13.0 Å². The molecule has 0 spiro atoms. The van der Waals surface area contributed by atoms with E-state index >= 15 is 0 Å². The van der Waals surface area contributed by atoms with Gasteiger partial charge in [-0.2, -0.15) is 10.2 Å². The van der Waals surface area contributed by atoms with Crippen molar-refractivity contribution in [2.24, 2.45) is 0 Å². The number of nitrogens with one attached hydrogen (secondary N) is 1.